The van der Waals surface area contributed by atoms with Crippen LogP contribution in [-0.2, 0) is 4.79 Å². The average molecular weight is 347 g/mol. The molecular weight excluding hydrogens is 322 g/mol. The van der Waals surface area contributed by atoms with Crippen LogP contribution in [0.15, 0.2) is 60.2 Å². The summed E-state index contributed by atoms with van der Waals surface area (Å²) in [6, 6.07) is 18.4. The number of carbonyl (C=O) groups excluding carboxylic acids is 1. The molecule has 2 N–H and O–H groups in total. The highest BCUT2D eigenvalue weighted by Gasteiger charge is 2.44. The molecule has 2 aliphatic heterocycles. The summed E-state index contributed by atoms with van der Waals surface area (Å²) in [6.45, 7) is 4.97. The number of nitrogens with zero attached hydrogens (tertiary/aromatic N) is 1. The number of nitrogens with one attached hydrogen (secondary N) is 2. The molecule has 0 radical (unpaired) electrons. The molecule has 0 aromatic heterocycles. The Morgan fingerprint density at radius 3 is 2.42 bits per heavy atom. The van der Waals surface area contributed by atoms with Crippen LogP contribution in [0.4, 0.5) is 11.4 Å². The molecule has 1 fully saturated rings. The minimum atomic E-state index is -0.470. The van der Waals surface area contributed by atoms with E-state index in [-0.39, 0.29) is 5.91 Å². The van der Waals surface area contributed by atoms with Crippen LogP contribution in [0.1, 0.15) is 25.3 Å². The largest absolute Gasteiger partial charge is 0.369 e. The van der Waals surface area contributed by atoms with Gasteiger partial charge in [-0.05, 0) is 37.5 Å². The topological polar surface area (TPSA) is 44.4 Å². The summed E-state index contributed by atoms with van der Waals surface area (Å²) in [6.07, 6.45) is 3.89. The number of hydrogen-bond acceptors (Lipinski definition) is 3. The lowest BCUT2D eigenvalue weighted by atomic mass is 9.84. The highest BCUT2D eigenvalue weighted by atomic mass is 16.2. The van der Waals surface area contributed by atoms with E-state index in [0.717, 1.165) is 43.9 Å². The van der Waals surface area contributed by atoms with Crippen LogP contribution in [0, 0.1) is 0 Å². The van der Waals surface area contributed by atoms with Gasteiger partial charge < -0.3 is 10.6 Å². The summed E-state index contributed by atoms with van der Waals surface area (Å²) in [5.74, 6) is 0.104. The van der Waals surface area contributed by atoms with Crippen LogP contribution < -0.4 is 10.6 Å². The van der Waals surface area contributed by atoms with Gasteiger partial charge in [0, 0.05) is 19.6 Å². The van der Waals surface area contributed by atoms with E-state index in [4.69, 9.17) is 0 Å². The Hall–Kier alpha value is -2.59. The zero-order chi connectivity index (χ0) is 18.0. The first-order chi connectivity index (χ1) is 12.6. The third-order valence-corrected chi connectivity index (χ3v) is 5.38. The number of amides is 1. The molecule has 2 aromatic rings. The molecule has 4 nitrogen and oxygen atoms in total. The summed E-state index contributed by atoms with van der Waals surface area (Å²) < 4.78 is 0. The average Bonchev–Trinajstić information content (AvgIpc) is 2.65. The second-order valence-electron chi connectivity index (χ2n) is 7.38. The standard InChI is InChI=1S/C22H25N3O/c1-17(15-18-7-3-2-4-8-18)16-25-13-11-22(12-14-25)21(26)23-19-9-5-6-10-20(19)24-22/h2-10,15,24H,11-14,16H2,1H3,(H,23,26)/b17-15+. The number of likely N-dealkylation sites (tertiary alicyclic amines) is 1. The van der Waals surface area contributed by atoms with Crippen molar-refractivity contribution in [1.82, 2.24) is 4.90 Å². The molecule has 26 heavy (non-hydrogen) atoms. The fraction of sp³-hybridized carbons (Fsp3) is 0.318. The van der Waals surface area contributed by atoms with Gasteiger partial charge in [-0.3, -0.25) is 9.69 Å². The summed E-state index contributed by atoms with van der Waals surface area (Å²) in [7, 11) is 0. The number of anilines is 2. The Balaban J connectivity index is 1.40. The van der Waals surface area contributed by atoms with Gasteiger partial charge in [0.05, 0.1) is 11.4 Å². The highest BCUT2D eigenvalue weighted by molar-refractivity contribution is 6.06. The van der Waals surface area contributed by atoms with Crippen molar-refractivity contribution in [3.63, 3.8) is 0 Å². The molecule has 4 rings (SSSR count). The quantitative estimate of drug-likeness (QED) is 0.882. The van der Waals surface area contributed by atoms with Crippen molar-refractivity contribution in [2.45, 2.75) is 25.3 Å². The number of para-hydroxylation sites is 2. The van der Waals surface area contributed by atoms with Gasteiger partial charge in [-0.1, -0.05) is 54.1 Å². The van der Waals surface area contributed by atoms with E-state index in [0.29, 0.717) is 0 Å². The minimum absolute atomic E-state index is 0.104. The van der Waals surface area contributed by atoms with Crippen LogP contribution >= 0.6 is 0 Å². The lowest BCUT2D eigenvalue weighted by Crippen LogP contribution is -2.58. The molecule has 2 aromatic carbocycles. The van der Waals surface area contributed by atoms with Crippen LogP contribution in [0.5, 0.6) is 0 Å². The number of fused-ring (bicyclic) bond motifs is 1. The van der Waals surface area contributed by atoms with Gasteiger partial charge in [0.2, 0.25) is 5.91 Å². The van der Waals surface area contributed by atoms with Crippen LogP contribution in [0.2, 0.25) is 0 Å². The molecule has 1 saturated heterocycles. The Labute approximate surface area is 154 Å². The van der Waals surface area contributed by atoms with E-state index in [2.05, 4.69) is 52.8 Å². The van der Waals surface area contributed by atoms with Gasteiger partial charge >= 0.3 is 0 Å². The second-order valence-corrected chi connectivity index (χ2v) is 7.38. The van der Waals surface area contributed by atoms with Crippen LogP contribution in [0.3, 0.4) is 0 Å². The van der Waals surface area contributed by atoms with Crippen molar-refractivity contribution in [1.29, 1.82) is 0 Å². The van der Waals surface area contributed by atoms with Gasteiger partial charge in [0.1, 0.15) is 5.54 Å². The SMILES string of the molecule is C/C(=C\c1ccccc1)CN1CCC2(CC1)Nc1ccccc1NC2=O. The zero-order valence-corrected chi connectivity index (χ0v) is 15.2. The maximum absolute atomic E-state index is 12.7. The van der Waals surface area contributed by atoms with Gasteiger partial charge in [-0.25, -0.2) is 0 Å². The van der Waals surface area contributed by atoms with E-state index in [1.165, 1.54) is 11.1 Å². The second kappa shape index (κ2) is 6.96. The molecule has 0 atom stereocenters. The summed E-state index contributed by atoms with van der Waals surface area (Å²) in [5, 5.41) is 6.60. The van der Waals surface area contributed by atoms with Gasteiger partial charge in [0.15, 0.2) is 0 Å². The van der Waals surface area contributed by atoms with Gasteiger partial charge in [-0.2, -0.15) is 0 Å². The van der Waals surface area contributed by atoms with Crippen molar-refractivity contribution in [3.05, 3.63) is 65.7 Å². The van der Waals surface area contributed by atoms with E-state index >= 15 is 0 Å². The smallest absolute Gasteiger partial charge is 0.250 e. The molecule has 0 bridgehead atoms. The van der Waals surface area contributed by atoms with Gasteiger partial charge in [0.25, 0.3) is 0 Å². The van der Waals surface area contributed by atoms with Crippen molar-refractivity contribution in [3.8, 4) is 0 Å². The van der Waals surface area contributed by atoms with E-state index in [1.807, 2.05) is 30.3 Å². The van der Waals surface area contributed by atoms with Crippen molar-refractivity contribution >= 4 is 23.4 Å². The Morgan fingerprint density at radius 1 is 1.04 bits per heavy atom. The first-order valence-corrected chi connectivity index (χ1v) is 9.28. The Kier molecular flexibility index (Phi) is 4.51. The Bertz CT molecular complexity index is 820. The van der Waals surface area contributed by atoms with Crippen molar-refractivity contribution in [2.24, 2.45) is 0 Å². The van der Waals surface area contributed by atoms with Crippen molar-refractivity contribution in [2.75, 3.05) is 30.3 Å². The predicted molar refractivity (Wildman–Crippen MR) is 107 cm³/mol. The van der Waals surface area contributed by atoms with Crippen LogP contribution in [0.25, 0.3) is 6.08 Å². The van der Waals surface area contributed by atoms with Crippen molar-refractivity contribution < 1.29 is 4.79 Å². The zero-order valence-electron chi connectivity index (χ0n) is 15.2. The number of hydrogen-bond donors (Lipinski definition) is 2. The normalized spacial score (nSPS) is 19.6. The fourth-order valence-electron chi connectivity index (χ4n) is 3.93. The lowest BCUT2D eigenvalue weighted by Gasteiger charge is -2.44. The number of carbonyl (C=O) groups is 1. The molecule has 0 unspecified atom stereocenters. The molecule has 2 aliphatic rings. The van der Waals surface area contributed by atoms with E-state index < -0.39 is 5.54 Å². The summed E-state index contributed by atoms with van der Waals surface area (Å²) >= 11 is 0. The molecule has 2 heterocycles. The first kappa shape index (κ1) is 16.9. The summed E-state index contributed by atoms with van der Waals surface area (Å²) in [5.41, 5.74) is 4.02. The van der Waals surface area contributed by atoms with E-state index in [1.54, 1.807) is 0 Å². The molecule has 0 aliphatic carbocycles. The summed E-state index contributed by atoms with van der Waals surface area (Å²) in [4.78, 5) is 15.1. The minimum Gasteiger partial charge on any atom is -0.369 e. The van der Waals surface area contributed by atoms with Gasteiger partial charge in [-0.15, -0.1) is 0 Å². The molecule has 1 spiro atoms. The third kappa shape index (κ3) is 3.37. The lowest BCUT2D eigenvalue weighted by molar-refractivity contribution is -0.122. The number of benzene rings is 2. The monoisotopic (exact) mass is 347 g/mol. The Morgan fingerprint density at radius 2 is 1.69 bits per heavy atom. The highest BCUT2D eigenvalue weighted by Crippen LogP contribution is 2.36. The first-order valence-electron chi connectivity index (χ1n) is 9.28. The maximum atomic E-state index is 12.7. The molecular formula is C22H25N3O. The number of rotatable bonds is 3. The third-order valence-electron chi connectivity index (χ3n) is 5.38. The molecule has 4 heteroatoms. The fourth-order valence-corrected chi connectivity index (χ4v) is 3.93. The number of piperidine rings is 1. The predicted octanol–water partition coefficient (Wildman–Crippen LogP) is 3.99. The molecule has 0 saturated carbocycles. The molecule has 134 valence electrons. The molecule has 1 amide bonds. The van der Waals surface area contributed by atoms with Crippen LogP contribution in [-0.4, -0.2) is 36.0 Å². The van der Waals surface area contributed by atoms with E-state index in [9.17, 15) is 4.79 Å². The maximum Gasteiger partial charge on any atom is 0.250 e.